The molecule has 2 rings (SSSR count). The largest absolute Gasteiger partial charge is 0.508 e. The van der Waals surface area contributed by atoms with E-state index in [0.717, 1.165) is 17.5 Å². The molecule has 0 aromatic heterocycles. The summed E-state index contributed by atoms with van der Waals surface area (Å²) < 4.78 is 5.12. The minimum Gasteiger partial charge on any atom is -0.508 e. The number of carboxylic acid groups (broad SMARTS) is 1. The molecule has 0 saturated heterocycles. The lowest BCUT2D eigenvalue weighted by Crippen LogP contribution is -2.33. The van der Waals surface area contributed by atoms with Crippen LogP contribution in [0.5, 0.6) is 5.75 Å². The molecule has 1 amide bonds. The van der Waals surface area contributed by atoms with Crippen LogP contribution in [0.2, 0.25) is 0 Å². The third-order valence-corrected chi connectivity index (χ3v) is 9.16. The first-order valence-electron chi connectivity index (χ1n) is 13.8. The van der Waals surface area contributed by atoms with Gasteiger partial charge in [0.15, 0.2) is 5.78 Å². The number of ether oxygens (including phenoxy) is 1. The lowest BCUT2D eigenvalue weighted by molar-refractivity contribution is -0.143. The van der Waals surface area contributed by atoms with Gasteiger partial charge in [0.2, 0.25) is 0 Å². The maximum atomic E-state index is 12.6. The van der Waals surface area contributed by atoms with Crippen LogP contribution in [-0.4, -0.2) is 58.5 Å². The van der Waals surface area contributed by atoms with Crippen molar-refractivity contribution in [3.8, 4) is 5.75 Å². The van der Waals surface area contributed by atoms with Gasteiger partial charge in [0.1, 0.15) is 18.1 Å². The zero-order valence-corrected chi connectivity index (χ0v) is 25.5. The molecule has 0 aliphatic carbocycles. The Hall–Kier alpha value is -2.98. The summed E-state index contributed by atoms with van der Waals surface area (Å²) in [6.45, 7) is 5.75. The second-order valence-electron chi connectivity index (χ2n) is 10.5. The molecule has 0 bridgehead atoms. The van der Waals surface area contributed by atoms with Crippen LogP contribution in [0.15, 0.2) is 54.6 Å². The minimum absolute atomic E-state index is 0.0160. The summed E-state index contributed by atoms with van der Waals surface area (Å²) in [5.41, 5.74) is 2.14. The number of alkyl carbamates (subject to hydrolysis) is 1. The summed E-state index contributed by atoms with van der Waals surface area (Å²) in [5.74, 6) is -1.19. The van der Waals surface area contributed by atoms with E-state index in [1.165, 1.54) is 21.6 Å². The van der Waals surface area contributed by atoms with Crippen molar-refractivity contribution < 1.29 is 34.1 Å². The van der Waals surface area contributed by atoms with Gasteiger partial charge in [-0.2, -0.15) is 0 Å². The van der Waals surface area contributed by atoms with E-state index >= 15 is 0 Å². The minimum atomic E-state index is -0.998. The molecule has 0 aliphatic heterocycles. The number of aromatic hydroxyl groups is 1. The summed E-state index contributed by atoms with van der Waals surface area (Å²) in [6, 6.07) is 16.7. The van der Waals surface area contributed by atoms with Gasteiger partial charge in [-0.1, -0.05) is 84.8 Å². The maximum absolute atomic E-state index is 12.6. The van der Waals surface area contributed by atoms with Crippen LogP contribution in [0.4, 0.5) is 4.79 Å². The molecule has 8 nitrogen and oxygen atoms in total. The molecular formula is C31H41NO7S2. The molecule has 4 atom stereocenters. The van der Waals surface area contributed by atoms with E-state index < -0.39 is 18.0 Å². The molecule has 0 heterocycles. The predicted octanol–water partition coefficient (Wildman–Crippen LogP) is 5.81. The SMILES string of the molecule is C[C@@H](Cc1ccc(O)cc1)C[C@H](C)C(=O)CNC(=O)OCCSSC[C@H](CC(=O)[C@@H](C)Cc1ccccc1)C(=O)O. The molecular weight excluding hydrogens is 562 g/mol. The van der Waals surface area contributed by atoms with E-state index in [0.29, 0.717) is 18.6 Å². The molecule has 3 N–H and O–H groups in total. The molecule has 0 fully saturated rings. The van der Waals surface area contributed by atoms with Crippen molar-refractivity contribution in [1.29, 1.82) is 0 Å². The number of carbonyl (C=O) groups is 4. The zero-order valence-electron chi connectivity index (χ0n) is 23.9. The Kier molecular flexibility index (Phi) is 15.4. The number of carboxylic acids is 1. The molecule has 0 saturated carbocycles. The second kappa shape index (κ2) is 18.5. The lowest BCUT2D eigenvalue weighted by atomic mass is 9.89. The highest BCUT2D eigenvalue weighted by Crippen LogP contribution is 2.26. The summed E-state index contributed by atoms with van der Waals surface area (Å²) in [5, 5.41) is 21.4. The number of nitrogens with one attached hydrogen (secondary N) is 1. The first-order chi connectivity index (χ1) is 19.5. The standard InChI is InChI=1S/C31H41NO7S2/c1-21(16-25-9-11-27(33)12-10-25)15-22(2)29(35)19-32-31(38)39-13-14-40-41-20-26(30(36)37)18-28(34)23(3)17-24-7-5-4-6-8-24/h4-12,21-23,26,33H,13-20H2,1-3H3,(H,32,38)(H,36,37)/t21-,22+,23+,26+/m1/s1. The Labute approximate surface area is 250 Å². The van der Waals surface area contributed by atoms with Gasteiger partial charge in [0.25, 0.3) is 0 Å². The number of rotatable bonds is 19. The first kappa shape index (κ1) is 34.2. The molecule has 2 aromatic carbocycles. The van der Waals surface area contributed by atoms with Crippen LogP contribution in [-0.2, 0) is 32.0 Å². The van der Waals surface area contributed by atoms with E-state index in [1.807, 2.05) is 56.3 Å². The second-order valence-corrected chi connectivity index (χ2v) is 13.1. The quantitative estimate of drug-likeness (QED) is 0.134. The van der Waals surface area contributed by atoms with E-state index in [-0.39, 0.29) is 60.4 Å². The van der Waals surface area contributed by atoms with Gasteiger partial charge in [-0.05, 0) is 48.4 Å². The molecule has 0 aliphatic rings. The lowest BCUT2D eigenvalue weighted by Gasteiger charge is -2.17. The summed E-state index contributed by atoms with van der Waals surface area (Å²) >= 11 is 0. The Morgan fingerprint density at radius 3 is 2.17 bits per heavy atom. The van der Waals surface area contributed by atoms with E-state index in [4.69, 9.17) is 4.74 Å². The number of benzene rings is 2. The number of ketones is 2. The first-order valence-corrected chi connectivity index (χ1v) is 16.3. The van der Waals surface area contributed by atoms with Gasteiger partial charge in [-0.3, -0.25) is 14.4 Å². The third-order valence-electron chi connectivity index (χ3n) is 6.72. The Balaban J connectivity index is 1.58. The van der Waals surface area contributed by atoms with Crippen molar-refractivity contribution in [2.75, 3.05) is 24.7 Å². The summed E-state index contributed by atoms with van der Waals surface area (Å²) in [7, 11) is 2.71. The number of phenolic OH excluding ortho intramolecular Hbond substituents is 1. The molecule has 2 aromatic rings. The van der Waals surface area contributed by atoms with Crippen molar-refractivity contribution >= 4 is 45.2 Å². The predicted molar refractivity (Wildman–Crippen MR) is 164 cm³/mol. The monoisotopic (exact) mass is 603 g/mol. The van der Waals surface area contributed by atoms with E-state index in [1.54, 1.807) is 12.1 Å². The van der Waals surface area contributed by atoms with Gasteiger partial charge in [-0.25, -0.2) is 4.79 Å². The topological polar surface area (TPSA) is 130 Å². The van der Waals surface area contributed by atoms with E-state index in [2.05, 4.69) is 12.2 Å². The van der Waals surface area contributed by atoms with Crippen molar-refractivity contribution in [2.45, 2.75) is 46.5 Å². The molecule has 0 unspecified atom stereocenters. The van der Waals surface area contributed by atoms with Crippen molar-refractivity contribution in [3.63, 3.8) is 0 Å². The number of Topliss-reactive ketones (excluding diaryl/α,β-unsaturated/α-hetero) is 2. The molecule has 10 heteroatoms. The zero-order chi connectivity index (χ0) is 30.2. The highest BCUT2D eigenvalue weighted by molar-refractivity contribution is 8.76. The molecule has 0 radical (unpaired) electrons. The van der Waals surface area contributed by atoms with Crippen molar-refractivity contribution in [3.05, 3.63) is 65.7 Å². The van der Waals surface area contributed by atoms with Gasteiger partial charge in [-0.15, -0.1) is 0 Å². The number of carbonyl (C=O) groups excluding carboxylic acids is 3. The summed E-state index contributed by atoms with van der Waals surface area (Å²) in [6.07, 6.45) is 1.37. The van der Waals surface area contributed by atoms with Gasteiger partial charge >= 0.3 is 12.1 Å². The number of hydrogen-bond acceptors (Lipinski definition) is 8. The Morgan fingerprint density at radius 1 is 0.854 bits per heavy atom. The normalized spacial score (nSPS) is 13.9. The van der Waals surface area contributed by atoms with Crippen LogP contribution in [0.25, 0.3) is 0 Å². The van der Waals surface area contributed by atoms with E-state index in [9.17, 15) is 29.4 Å². The third kappa shape index (κ3) is 14.0. The number of amides is 1. The van der Waals surface area contributed by atoms with Gasteiger partial charge in [0, 0.05) is 29.8 Å². The van der Waals surface area contributed by atoms with Gasteiger partial charge in [0.05, 0.1) is 12.5 Å². The molecule has 41 heavy (non-hydrogen) atoms. The van der Waals surface area contributed by atoms with Crippen LogP contribution in [0, 0.1) is 23.7 Å². The highest BCUT2D eigenvalue weighted by Gasteiger charge is 2.24. The fourth-order valence-corrected chi connectivity index (χ4v) is 6.47. The van der Waals surface area contributed by atoms with Crippen molar-refractivity contribution in [1.82, 2.24) is 5.32 Å². The smallest absolute Gasteiger partial charge is 0.407 e. The average molecular weight is 604 g/mol. The highest BCUT2D eigenvalue weighted by atomic mass is 33.1. The molecule has 224 valence electrons. The number of hydrogen-bond donors (Lipinski definition) is 3. The van der Waals surface area contributed by atoms with Crippen molar-refractivity contribution in [2.24, 2.45) is 23.7 Å². The average Bonchev–Trinajstić information content (AvgIpc) is 2.94. The van der Waals surface area contributed by atoms with Crippen LogP contribution in [0.1, 0.15) is 44.7 Å². The Bertz CT molecular complexity index is 1110. The van der Waals surface area contributed by atoms with Gasteiger partial charge < -0.3 is 20.3 Å². The molecule has 0 spiro atoms. The maximum Gasteiger partial charge on any atom is 0.407 e. The fourth-order valence-electron chi connectivity index (χ4n) is 4.34. The number of aliphatic carboxylic acids is 1. The summed E-state index contributed by atoms with van der Waals surface area (Å²) in [4.78, 5) is 48.7. The van der Waals surface area contributed by atoms with Crippen LogP contribution >= 0.6 is 21.6 Å². The van der Waals surface area contributed by atoms with Crippen LogP contribution < -0.4 is 5.32 Å². The van der Waals surface area contributed by atoms with Crippen LogP contribution in [0.3, 0.4) is 0 Å². The Morgan fingerprint density at radius 2 is 1.51 bits per heavy atom. The number of phenols is 1. The fraction of sp³-hybridized carbons (Fsp3) is 0.484.